The lowest BCUT2D eigenvalue weighted by Crippen LogP contribution is -2.31. The average molecular weight is 514 g/mol. The van der Waals surface area contributed by atoms with Gasteiger partial charge in [-0.25, -0.2) is 17.8 Å². The van der Waals surface area contributed by atoms with Gasteiger partial charge in [0.15, 0.2) is 5.69 Å². The Balaban J connectivity index is 1.80. The Hall–Kier alpha value is -2.34. The molecular weight excluding hydrogens is 504 g/mol. The average Bonchev–Trinajstić information content (AvgIpc) is 3.12. The predicted molar refractivity (Wildman–Crippen MR) is 107 cm³/mol. The summed E-state index contributed by atoms with van der Waals surface area (Å²) in [4.78, 5) is 11.4. The van der Waals surface area contributed by atoms with Gasteiger partial charge < -0.3 is 0 Å². The molecular formula is C17H10Cl3F3N4O3S. The van der Waals surface area contributed by atoms with Crippen molar-refractivity contribution in [2.45, 2.75) is 17.6 Å². The Labute approximate surface area is 188 Å². The fraction of sp³-hybridized carbons (Fsp3) is 0.118. The number of alkyl halides is 3. The second-order valence-corrected chi connectivity index (χ2v) is 9.02. The third-order valence-electron chi connectivity index (χ3n) is 3.89. The van der Waals surface area contributed by atoms with E-state index in [0.717, 1.165) is 12.3 Å². The Bertz CT molecular complexity index is 1260. The van der Waals surface area contributed by atoms with Gasteiger partial charge in [-0.1, -0.05) is 46.1 Å². The smallest absolute Gasteiger partial charge is 0.266 e. The van der Waals surface area contributed by atoms with Gasteiger partial charge in [0, 0.05) is 10.0 Å². The van der Waals surface area contributed by atoms with Gasteiger partial charge in [-0.05, 0) is 35.9 Å². The number of amides is 1. The van der Waals surface area contributed by atoms with Crippen LogP contribution < -0.4 is 4.72 Å². The van der Waals surface area contributed by atoms with Crippen LogP contribution in [0.3, 0.4) is 0 Å². The van der Waals surface area contributed by atoms with Crippen molar-refractivity contribution in [3.8, 4) is 0 Å². The second kappa shape index (κ2) is 8.65. The van der Waals surface area contributed by atoms with E-state index in [-0.39, 0.29) is 6.54 Å². The third kappa shape index (κ3) is 5.48. The predicted octanol–water partition coefficient (Wildman–Crippen LogP) is 4.42. The highest BCUT2D eigenvalue weighted by Crippen LogP contribution is 2.33. The van der Waals surface area contributed by atoms with Crippen LogP contribution in [-0.4, -0.2) is 29.3 Å². The maximum atomic E-state index is 12.9. The fourth-order valence-corrected chi connectivity index (χ4v) is 4.38. The minimum Gasteiger partial charge on any atom is -0.266 e. The van der Waals surface area contributed by atoms with Crippen molar-refractivity contribution in [1.82, 2.24) is 19.7 Å². The van der Waals surface area contributed by atoms with E-state index in [4.69, 9.17) is 34.8 Å². The van der Waals surface area contributed by atoms with E-state index in [2.05, 4.69) is 10.3 Å². The molecule has 1 aromatic heterocycles. The lowest BCUT2D eigenvalue weighted by molar-refractivity contribution is -0.137. The van der Waals surface area contributed by atoms with E-state index in [9.17, 15) is 26.4 Å². The molecule has 0 saturated carbocycles. The summed E-state index contributed by atoms with van der Waals surface area (Å²) < 4.78 is 66.3. The second-order valence-electron chi connectivity index (χ2n) is 6.11. The van der Waals surface area contributed by atoms with Gasteiger partial charge in [-0.15, -0.1) is 5.10 Å². The van der Waals surface area contributed by atoms with E-state index in [1.807, 2.05) is 0 Å². The number of sulfonamides is 1. The minimum atomic E-state index is -4.80. The zero-order valence-corrected chi connectivity index (χ0v) is 18.1. The molecule has 1 N–H and O–H groups in total. The Morgan fingerprint density at radius 1 is 1.06 bits per heavy atom. The highest BCUT2D eigenvalue weighted by molar-refractivity contribution is 7.90. The summed E-state index contributed by atoms with van der Waals surface area (Å²) in [5.74, 6) is -1.21. The Morgan fingerprint density at radius 3 is 2.42 bits per heavy atom. The normalized spacial score (nSPS) is 12.1. The quantitative estimate of drug-likeness (QED) is 0.545. The maximum absolute atomic E-state index is 12.9. The zero-order chi connectivity index (χ0) is 23.0. The highest BCUT2D eigenvalue weighted by atomic mass is 35.5. The van der Waals surface area contributed by atoms with Crippen LogP contribution in [0.1, 0.15) is 21.6 Å². The van der Waals surface area contributed by atoms with Crippen molar-refractivity contribution in [3.05, 3.63) is 74.5 Å². The number of rotatable bonds is 5. The first-order chi connectivity index (χ1) is 14.4. The summed E-state index contributed by atoms with van der Waals surface area (Å²) in [5.41, 5.74) is -1.03. The van der Waals surface area contributed by atoms with Crippen molar-refractivity contribution < 1.29 is 26.4 Å². The van der Waals surface area contributed by atoms with Crippen LogP contribution in [0.25, 0.3) is 0 Å². The summed E-state index contributed by atoms with van der Waals surface area (Å²) in [6.07, 6.45) is -3.66. The number of nitrogens with one attached hydrogen (secondary N) is 1. The Morgan fingerprint density at radius 2 is 1.77 bits per heavy atom. The van der Waals surface area contributed by atoms with Crippen molar-refractivity contribution in [3.63, 3.8) is 0 Å². The minimum absolute atomic E-state index is 0.0997. The lowest BCUT2D eigenvalue weighted by Gasteiger charge is -2.11. The molecule has 0 aliphatic carbocycles. The van der Waals surface area contributed by atoms with Crippen molar-refractivity contribution in [2.24, 2.45) is 0 Å². The molecule has 2 aromatic carbocycles. The fourth-order valence-electron chi connectivity index (χ4n) is 2.42. The summed E-state index contributed by atoms with van der Waals surface area (Å²) >= 11 is 17.6. The highest BCUT2D eigenvalue weighted by Gasteiger charge is 2.33. The summed E-state index contributed by atoms with van der Waals surface area (Å²) in [6.45, 7) is 0.0997. The molecule has 0 radical (unpaired) electrons. The molecule has 3 rings (SSSR count). The first-order valence-electron chi connectivity index (χ1n) is 8.15. The number of hydrogen-bond donors (Lipinski definition) is 1. The van der Waals surface area contributed by atoms with Crippen LogP contribution in [-0.2, 0) is 22.7 Å². The van der Waals surface area contributed by atoms with Crippen molar-refractivity contribution in [2.75, 3.05) is 0 Å². The van der Waals surface area contributed by atoms with E-state index < -0.39 is 43.3 Å². The lowest BCUT2D eigenvalue weighted by atomic mass is 10.2. The monoisotopic (exact) mass is 512 g/mol. The van der Waals surface area contributed by atoms with Gasteiger partial charge in [0.1, 0.15) is 4.90 Å². The molecule has 7 nitrogen and oxygen atoms in total. The molecule has 1 heterocycles. The molecule has 3 aromatic rings. The van der Waals surface area contributed by atoms with E-state index in [1.54, 1.807) is 16.9 Å². The summed E-state index contributed by atoms with van der Waals surface area (Å²) in [5, 5.41) is 7.55. The maximum Gasteiger partial charge on any atom is 0.416 e. The van der Waals surface area contributed by atoms with Gasteiger partial charge in [-0.2, -0.15) is 13.2 Å². The first kappa shape index (κ1) is 23.3. The number of halogens is 6. The Kier molecular flexibility index (Phi) is 6.51. The largest absolute Gasteiger partial charge is 0.416 e. The van der Waals surface area contributed by atoms with E-state index >= 15 is 0 Å². The molecule has 0 unspecified atom stereocenters. The van der Waals surface area contributed by atoms with Crippen LogP contribution in [0, 0.1) is 0 Å². The molecule has 0 saturated heterocycles. The number of benzene rings is 2. The van der Waals surface area contributed by atoms with Gasteiger partial charge in [0.2, 0.25) is 0 Å². The molecule has 14 heteroatoms. The van der Waals surface area contributed by atoms with E-state index in [0.29, 0.717) is 27.7 Å². The van der Waals surface area contributed by atoms with Crippen LogP contribution in [0.4, 0.5) is 13.2 Å². The van der Waals surface area contributed by atoms with Crippen LogP contribution in [0.15, 0.2) is 47.5 Å². The number of aromatic nitrogens is 3. The van der Waals surface area contributed by atoms with Gasteiger partial charge in [0.05, 0.1) is 23.3 Å². The number of carbonyl (C=O) groups is 1. The zero-order valence-electron chi connectivity index (χ0n) is 15.0. The summed E-state index contributed by atoms with van der Waals surface area (Å²) in [7, 11) is -4.73. The molecule has 0 fully saturated rings. The SMILES string of the molecule is O=C(NS(=O)(=O)c1cc(C(F)(F)F)ccc1Cl)c1cn(Cc2ccc(Cl)cc2Cl)nn1. The van der Waals surface area contributed by atoms with Gasteiger partial charge >= 0.3 is 6.18 Å². The molecule has 0 bridgehead atoms. The molecule has 0 spiro atoms. The molecule has 164 valence electrons. The third-order valence-corrected chi connectivity index (χ3v) is 6.29. The molecule has 0 aliphatic heterocycles. The van der Waals surface area contributed by atoms with Crippen LogP contribution in [0.2, 0.25) is 15.1 Å². The van der Waals surface area contributed by atoms with Crippen LogP contribution in [0.5, 0.6) is 0 Å². The van der Waals surface area contributed by atoms with Gasteiger partial charge in [0.25, 0.3) is 15.9 Å². The first-order valence-corrected chi connectivity index (χ1v) is 10.8. The molecule has 31 heavy (non-hydrogen) atoms. The number of carbonyl (C=O) groups excluding carboxylic acids is 1. The van der Waals surface area contributed by atoms with Crippen molar-refractivity contribution in [1.29, 1.82) is 0 Å². The molecule has 0 atom stereocenters. The standard InChI is InChI=1S/C17H10Cl3F3N4O3S/c18-11-3-1-9(13(20)6-11)7-27-8-14(24-26-27)16(28)25-31(29,30)15-5-10(17(21,22)23)2-4-12(15)19/h1-6,8H,7H2,(H,25,28). The molecule has 0 aliphatic rings. The number of nitrogens with zero attached hydrogens (tertiary/aromatic N) is 3. The summed E-state index contributed by atoms with van der Waals surface area (Å²) in [6, 6.07) is 6.46. The van der Waals surface area contributed by atoms with Crippen LogP contribution >= 0.6 is 34.8 Å². The topological polar surface area (TPSA) is 94.0 Å². The molecule has 1 amide bonds. The van der Waals surface area contributed by atoms with E-state index in [1.165, 1.54) is 10.7 Å². The van der Waals surface area contributed by atoms with Crippen molar-refractivity contribution >= 4 is 50.7 Å². The van der Waals surface area contributed by atoms with Gasteiger partial charge in [-0.3, -0.25) is 4.79 Å². The number of hydrogen-bond acceptors (Lipinski definition) is 5.